The third kappa shape index (κ3) is 2.35. The number of nitro benzene ring substituents is 4. The van der Waals surface area contributed by atoms with Crippen molar-refractivity contribution in [3.63, 3.8) is 0 Å². The maximum Gasteiger partial charge on any atom is 0.284 e. The molecule has 12 nitrogen and oxygen atoms in total. The largest absolute Gasteiger partial charge is 0.284 e. The van der Waals surface area contributed by atoms with E-state index in [1.807, 2.05) is 0 Å². The molecule has 0 atom stereocenters. The van der Waals surface area contributed by atoms with Gasteiger partial charge in [0.05, 0.1) is 42.6 Å². The van der Waals surface area contributed by atoms with Crippen LogP contribution in [-0.4, -0.2) is 19.7 Å². The Morgan fingerprint density at radius 2 is 0.864 bits per heavy atom. The lowest BCUT2D eigenvalue weighted by Crippen LogP contribution is -1.98. The number of rotatable bonds is 4. The average molecular weight is 308 g/mol. The van der Waals surface area contributed by atoms with Crippen LogP contribution in [0.2, 0.25) is 0 Å². The van der Waals surface area contributed by atoms with Crippen LogP contribution in [0.3, 0.4) is 0 Å². The van der Waals surface area contributed by atoms with Crippen molar-refractivity contribution in [2.24, 2.45) is 0 Å². The van der Waals surface area contributed by atoms with Gasteiger partial charge in [-0.15, -0.1) is 0 Å². The minimum Gasteiger partial charge on any atom is -0.258 e. The van der Waals surface area contributed by atoms with Crippen LogP contribution < -0.4 is 0 Å². The predicted octanol–water partition coefficient (Wildman–Crippen LogP) is 2.47. The van der Waals surface area contributed by atoms with Gasteiger partial charge in [-0.05, 0) is 0 Å². The molecule has 12 heteroatoms. The fourth-order valence-electron chi connectivity index (χ4n) is 1.91. The number of fused-ring (bicyclic) bond motifs is 1. The summed E-state index contributed by atoms with van der Waals surface area (Å²) in [6, 6.07) is 2.72. The van der Waals surface area contributed by atoms with E-state index in [1.165, 1.54) is 0 Å². The zero-order valence-electron chi connectivity index (χ0n) is 10.4. The number of hydrogen-bond donors (Lipinski definition) is 0. The van der Waals surface area contributed by atoms with E-state index in [0.717, 1.165) is 12.1 Å². The van der Waals surface area contributed by atoms with E-state index in [-0.39, 0.29) is 0 Å². The number of hydrogen-bond acceptors (Lipinski definition) is 8. The highest BCUT2D eigenvalue weighted by Crippen LogP contribution is 2.38. The molecule has 0 aliphatic carbocycles. The fraction of sp³-hybridized carbons (Fsp3) is 0. The zero-order chi connectivity index (χ0) is 16.6. The fourth-order valence-corrected chi connectivity index (χ4v) is 1.91. The first-order chi connectivity index (χ1) is 10.2. The lowest BCUT2D eigenvalue weighted by Gasteiger charge is -2.02. The van der Waals surface area contributed by atoms with Crippen molar-refractivity contribution in [2.75, 3.05) is 0 Å². The molecule has 0 radical (unpaired) electrons. The number of nitro groups is 4. The maximum absolute atomic E-state index is 11.0. The van der Waals surface area contributed by atoms with Gasteiger partial charge >= 0.3 is 0 Å². The summed E-state index contributed by atoms with van der Waals surface area (Å²) >= 11 is 0. The van der Waals surface area contributed by atoms with Gasteiger partial charge in [0.2, 0.25) is 0 Å². The normalized spacial score (nSPS) is 10.4. The second kappa shape index (κ2) is 5.01. The SMILES string of the molecule is O=[N+]([O-])c1cc([N+](=O)[O-])c2cc([N+](=O)[O-])cc([N+](=O)[O-])c2c1. The summed E-state index contributed by atoms with van der Waals surface area (Å²) in [6.45, 7) is 0. The first-order valence-electron chi connectivity index (χ1n) is 5.41. The Balaban J connectivity index is 3.03. The Morgan fingerprint density at radius 3 is 1.09 bits per heavy atom. The van der Waals surface area contributed by atoms with Crippen molar-refractivity contribution in [3.05, 3.63) is 64.7 Å². The van der Waals surface area contributed by atoms with E-state index < -0.39 is 53.2 Å². The van der Waals surface area contributed by atoms with Crippen molar-refractivity contribution in [3.8, 4) is 0 Å². The molecule has 22 heavy (non-hydrogen) atoms. The molecule has 0 amide bonds. The Morgan fingerprint density at radius 1 is 0.545 bits per heavy atom. The van der Waals surface area contributed by atoms with Crippen molar-refractivity contribution < 1.29 is 19.7 Å². The third-order valence-corrected chi connectivity index (χ3v) is 2.81. The van der Waals surface area contributed by atoms with Crippen LogP contribution >= 0.6 is 0 Å². The van der Waals surface area contributed by atoms with Gasteiger partial charge in [0, 0.05) is 12.1 Å². The molecule has 0 spiro atoms. The number of non-ortho nitro benzene ring substituents is 4. The quantitative estimate of drug-likeness (QED) is 0.611. The van der Waals surface area contributed by atoms with Crippen LogP contribution in [0.1, 0.15) is 0 Å². The molecular weight excluding hydrogens is 304 g/mol. The molecule has 0 aliphatic rings. The lowest BCUT2D eigenvalue weighted by molar-refractivity contribution is -0.395. The van der Waals surface area contributed by atoms with Gasteiger partial charge in [0.25, 0.3) is 22.7 Å². The first-order valence-corrected chi connectivity index (χ1v) is 5.41. The number of nitrogens with zero attached hydrogens (tertiary/aromatic N) is 4. The van der Waals surface area contributed by atoms with Crippen LogP contribution in [0.4, 0.5) is 22.7 Å². The average Bonchev–Trinajstić information content (AvgIpc) is 2.44. The summed E-state index contributed by atoms with van der Waals surface area (Å²) in [5.74, 6) is 0. The van der Waals surface area contributed by atoms with Gasteiger partial charge in [0.15, 0.2) is 0 Å². The highest BCUT2D eigenvalue weighted by Gasteiger charge is 2.28. The summed E-state index contributed by atoms with van der Waals surface area (Å²) < 4.78 is 0. The van der Waals surface area contributed by atoms with Gasteiger partial charge in [-0.3, -0.25) is 40.5 Å². The van der Waals surface area contributed by atoms with Crippen molar-refractivity contribution in [2.45, 2.75) is 0 Å². The summed E-state index contributed by atoms with van der Waals surface area (Å²) in [5, 5.41) is 42.7. The predicted molar refractivity (Wildman–Crippen MR) is 70.6 cm³/mol. The molecule has 0 bridgehead atoms. The minimum absolute atomic E-state index is 0.420. The highest BCUT2D eigenvalue weighted by atomic mass is 16.6. The van der Waals surface area contributed by atoms with Crippen LogP contribution in [0, 0.1) is 40.5 Å². The maximum atomic E-state index is 11.0. The summed E-state index contributed by atoms with van der Waals surface area (Å²) in [7, 11) is 0. The second-order valence-electron chi connectivity index (χ2n) is 4.05. The molecule has 2 aromatic carbocycles. The van der Waals surface area contributed by atoms with E-state index >= 15 is 0 Å². The van der Waals surface area contributed by atoms with Crippen molar-refractivity contribution >= 4 is 33.5 Å². The summed E-state index contributed by atoms with van der Waals surface area (Å²) in [5.41, 5.74) is -3.10. The topological polar surface area (TPSA) is 173 Å². The molecule has 0 aromatic heterocycles. The lowest BCUT2D eigenvalue weighted by atomic mass is 10.0. The van der Waals surface area contributed by atoms with E-state index in [1.54, 1.807) is 0 Å². The minimum atomic E-state index is -0.997. The molecule has 0 N–H and O–H groups in total. The highest BCUT2D eigenvalue weighted by molar-refractivity contribution is 6.00. The molecule has 2 aromatic rings. The van der Waals surface area contributed by atoms with Crippen molar-refractivity contribution in [1.29, 1.82) is 0 Å². The third-order valence-electron chi connectivity index (χ3n) is 2.81. The Bertz CT molecular complexity index is 790. The summed E-state index contributed by atoms with van der Waals surface area (Å²) in [4.78, 5) is 39.7. The smallest absolute Gasteiger partial charge is 0.258 e. The van der Waals surface area contributed by atoms with Gasteiger partial charge in [-0.25, -0.2) is 0 Å². The molecular formula is C10H4N4O8. The van der Waals surface area contributed by atoms with Gasteiger partial charge < -0.3 is 0 Å². The Kier molecular flexibility index (Phi) is 3.35. The van der Waals surface area contributed by atoms with E-state index in [2.05, 4.69) is 0 Å². The Labute approximate surface area is 119 Å². The summed E-state index contributed by atoms with van der Waals surface area (Å²) in [6.07, 6.45) is 0. The van der Waals surface area contributed by atoms with E-state index in [4.69, 9.17) is 0 Å². The molecule has 0 heterocycles. The van der Waals surface area contributed by atoms with Gasteiger partial charge in [0.1, 0.15) is 0 Å². The van der Waals surface area contributed by atoms with E-state index in [9.17, 15) is 40.5 Å². The Hall–Kier alpha value is -3.70. The van der Waals surface area contributed by atoms with Crippen LogP contribution in [0.25, 0.3) is 10.8 Å². The van der Waals surface area contributed by atoms with E-state index in [0.29, 0.717) is 12.1 Å². The monoisotopic (exact) mass is 308 g/mol. The molecule has 0 unspecified atom stereocenters. The van der Waals surface area contributed by atoms with Gasteiger partial charge in [-0.1, -0.05) is 0 Å². The van der Waals surface area contributed by atoms with Crippen LogP contribution in [-0.2, 0) is 0 Å². The number of benzene rings is 2. The molecule has 0 saturated carbocycles. The standard InChI is InChI=1S/C10H4N4O8/c15-11(16)5-1-7-8(10(3-5)14(21)22)2-6(12(17)18)4-9(7)13(19)20/h1-4H. The zero-order valence-corrected chi connectivity index (χ0v) is 10.4. The van der Waals surface area contributed by atoms with Crippen LogP contribution in [0.5, 0.6) is 0 Å². The van der Waals surface area contributed by atoms with Crippen LogP contribution in [0.15, 0.2) is 24.3 Å². The van der Waals surface area contributed by atoms with Crippen molar-refractivity contribution in [1.82, 2.24) is 0 Å². The molecule has 0 aliphatic heterocycles. The molecule has 2 rings (SSSR count). The van der Waals surface area contributed by atoms with Gasteiger partial charge in [-0.2, -0.15) is 0 Å². The molecule has 0 saturated heterocycles. The first kappa shape index (κ1) is 14.7. The molecule has 0 fully saturated rings. The molecule has 112 valence electrons. The second-order valence-corrected chi connectivity index (χ2v) is 4.05.